The number of pyridine rings is 1. The summed E-state index contributed by atoms with van der Waals surface area (Å²) < 4.78 is 9.63. The zero-order valence-corrected chi connectivity index (χ0v) is 22.3. The van der Waals surface area contributed by atoms with E-state index in [9.17, 15) is 4.79 Å². The van der Waals surface area contributed by atoms with Crippen LogP contribution in [0.1, 0.15) is 61.6 Å². The molecule has 0 fully saturated rings. The summed E-state index contributed by atoms with van der Waals surface area (Å²) in [5, 5.41) is 0. The number of nitrogens with zero attached hydrogens (tertiary/aromatic N) is 2. The van der Waals surface area contributed by atoms with Gasteiger partial charge in [0.1, 0.15) is 5.75 Å². The maximum absolute atomic E-state index is 13.5. The molecule has 1 aromatic carbocycles. The number of carbonyl (C=O) groups excluding carboxylic acids is 1. The molecule has 0 aliphatic heterocycles. The minimum atomic E-state index is 0.00998. The highest BCUT2D eigenvalue weighted by Gasteiger charge is 2.21. The summed E-state index contributed by atoms with van der Waals surface area (Å²) in [5.74, 6) is 0.755. The van der Waals surface area contributed by atoms with Gasteiger partial charge in [-0.1, -0.05) is 26.8 Å². The number of fused-ring (bicyclic) bond motifs is 1. The Balaban J connectivity index is 1.74. The second kappa shape index (κ2) is 12.0. The normalized spacial score (nSPS) is 11.4. The van der Waals surface area contributed by atoms with Crippen LogP contribution in [-0.4, -0.2) is 41.3 Å². The number of carbonyl (C=O) groups is 1. The van der Waals surface area contributed by atoms with Crippen LogP contribution in [0, 0.1) is 0 Å². The Morgan fingerprint density at radius 3 is 2.31 bits per heavy atom. The van der Waals surface area contributed by atoms with Crippen molar-refractivity contribution in [1.82, 2.24) is 9.30 Å². The first-order valence-electron chi connectivity index (χ1n) is 11.5. The van der Waals surface area contributed by atoms with Gasteiger partial charge < -0.3 is 14.0 Å². The van der Waals surface area contributed by atoms with Gasteiger partial charge in [-0.05, 0) is 107 Å². The van der Waals surface area contributed by atoms with Crippen LogP contribution in [0.2, 0.25) is 0 Å². The van der Waals surface area contributed by atoms with Crippen molar-refractivity contribution in [2.75, 3.05) is 26.2 Å². The lowest BCUT2D eigenvalue weighted by molar-refractivity contribution is 0.103. The Labute approximate surface area is 208 Å². The first kappa shape index (κ1) is 25.0. The van der Waals surface area contributed by atoms with Crippen LogP contribution in [0.25, 0.3) is 5.52 Å². The van der Waals surface area contributed by atoms with Crippen molar-refractivity contribution >= 4 is 43.2 Å². The van der Waals surface area contributed by atoms with Gasteiger partial charge in [-0.3, -0.25) is 4.79 Å². The van der Waals surface area contributed by atoms with E-state index in [0.29, 0.717) is 12.2 Å². The van der Waals surface area contributed by atoms with Gasteiger partial charge in [0.2, 0.25) is 5.78 Å². The third-order valence-electron chi connectivity index (χ3n) is 5.56. The van der Waals surface area contributed by atoms with Gasteiger partial charge >= 0.3 is 0 Å². The van der Waals surface area contributed by atoms with Gasteiger partial charge in [0.05, 0.1) is 21.2 Å². The van der Waals surface area contributed by atoms with E-state index in [0.717, 1.165) is 63.9 Å². The fourth-order valence-electron chi connectivity index (χ4n) is 4.10. The lowest BCUT2D eigenvalue weighted by atomic mass is 10.0. The Morgan fingerprint density at radius 1 is 1.00 bits per heavy atom. The molecular weight excluding hydrogens is 532 g/mol. The molecule has 0 saturated carbocycles. The van der Waals surface area contributed by atoms with E-state index in [1.807, 2.05) is 40.9 Å². The number of aryl methyl sites for hydroxylation is 1. The highest BCUT2D eigenvalue weighted by Crippen LogP contribution is 2.36. The van der Waals surface area contributed by atoms with Crippen molar-refractivity contribution in [2.24, 2.45) is 0 Å². The van der Waals surface area contributed by atoms with Crippen molar-refractivity contribution in [3.8, 4) is 5.75 Å². The molecule has 0 radical (unpaired) electrons. The van der Waals surface area contributed by atoms with Crippen LogP contribution in [0.3, 0.4) is 0 Å². The van der Waals surface area contributed by atoms with E-state index in [-0.39, 0.29) is 5.78 Å². The Morgan fingerprint density at radius 2 is 1.69 bits per heavy atom. The van der Waals surface area contributed by atoms with E-state index >= 15 is 0 Å². The molecule has 3 rings (SSSR count). The van der Waals surface area contributed by atoms with Crippen molar-refractivity contribution in [3.05, 3.63) is 68.4 Å². The van der Waals surface area contributed by atoms with E-state index < -0.39 is 0 Å². The molecule has 0 atom stereocenters. The van der Waals surface area contributed by atoms with Crippen LogP contribution in [0.4, 0.5) is 0 Å². The largest absolute Gasteiger partial charge is 0.491 e. The number of benzene rings is 1. The van der Waals surface area contributed by atoms with Gasteiger partial charge in [0.15, 0.2) is 0 Å². The van der Waals surface area contributed by atoms with E-state index in [4.69, 9.17) is 4.74 Å². The third kappa shape index (κ3) is 5.83. The average molecular weight is 564 g/mol. The van der Waals surface area contributed by atoms with Gasteiger partial charge in [-0.25, -0.2) is 0 Å². The average Bonchev–Trinajstić information content (AvgIpc) is 3.16. The maximum atomic E-state index is 13.5. The summed E-state index contributed by atoms with van der Waals surface area (Å²) in [6, 6.07) is 11.8. The van der Waals surface area contributed by atoms with Gasteiger partial charge in [-0.15, -0.1) is 0 Å². The smallest absolute Gasteiger partial charge is 0.210 e. The van der Waals surface area contributed by atoms with Crippen LogP contribution in [0.15, 0.2) is 51.5 Å². The highest BCUT2D eigenvalue weighted by molar-refractivity contribution is 9.11. The minimum Gasteiger partial charge on any atom is -0.491 e. The Hall–Kier alpha value is -1.63. The molecule has 0 N–H and O–H groups in total. The van der Waals surface area contributed by atoms with E-state index in [1.165, 1.54) is 12.8 Å². The molecule has 0 aliphatic carbocycles. The zero-order chi connectivity index (χ0) is 23.1. The van der Waals surface area contributed by atoms with Crippen LogP contribution in [-0.2, 0) is 6.42 Å². The molecule has 4 nitrogen and oxygen atoms in total. The summed E-state index contributed by atoms with van der Waals surface area (Å²) in [6.45, 7) is 10.5. The van der Waals surface area contributed by atoms with Gasteiger partial charge in [0, 0.05) is 23.8 Å². The quantitative estimate of drug-likeness (QED) is 0.173. The standard InChI is InChI=1S/C26H32Br2N2O2/c1-4-11-29(12-5-2)13-9-15-32-26-22(27)17-20(18-23(26)28)25(31)24-19(6-3)16-21-10-7-8-14-30(21)24/h7-8,10,14,16-18H,4-6,9,11-13,15H2,1-3H3. The second-order valence-corrected chi connectivity index (χ2v) is 9.72. The van der Waals surface area contributed by atoms with Gasteiger partial charge in [-0.2, -0.15) is 0 Å². The Kier molecular flexibility index (Phi) is 9.38. The molecule has 0 amide bonds. The van der Waals surface area contributed by atoms with Crippen molar-refractivity contribution in [3.63, 3.8) is 0 Å². The fourth-order valence-corrected chi connectivity index (χ4v) is 5.52. The summed E-state index contributed by atoms with van der Waals surface area (Å²) in [7, 11) is 0. The molecule has 0 bridgehead atoms. The predicted molar refractivity (Wildman–Crippen MR) is 139 cm³/mol. The number of hydrogen-bond donors (Lipinski definition) is 0. The highest BCUT2D eigenvalue weighted by atomic mass is 79.9. The summed E-state index contributed by atoms with van der Waals surface area (Å²) >= 11 is 7.24. The number of halogens is 2. The molecular formula is C26H32Br2N2O2. The Bertz CT molecular complexity index is 1030. The molecule has 0 saturated heterocycles. The van der Waals surface area contributed by atoms with Crippen LogP contribution >= 0.6 is 31.9 Å². The number of ether oxygens (including phenoxy) is 1. The molecule has 32 heavy (non-hydrogen) atoms. The van der Waals surface area contributed by atoms with Gasteiger partial charge in [0.25, 0.3) is 0 Å². The minimum absolute atomic E-state index is 0.00998. The molecule has 172 valence electrons. The third-order valence-corrected chi connectivity index (χ3v) is 6.74. The van der Waals surface area contributed by atoms with E-state index in [2.05, 4.69) is 63.6 Å². The molecule has 2 heterocycles. The first-order valence-corrected chi connectivity index (χ1v) is 13.1. The number of rotatable bonds is 12. The van der Waals surface area contributed by atoms with E-state index in [1.54, 1.807) is 0 Å². The molecule has 0 unspecified atom stereocenters. The molecule has 3 aromatic rings. The maximum Gasteiger partial charge on any atom is 0.210 e. The van der Waals surface area contributed by atoms with Crippen LogP contribution in [0.5, 0.6) is 5.75 Å². The topological polar surface area (TPSA) is 34.0 Å². The molecule has 0 aliphatic rings. The lowest BCUT2D eigenvalue weighted by Crippen LogP contribution is -2.27. The molecule has 2 aromatic heterocycles. The zero-order valence-electron chi connectivity index (χ0n) is 19.2. The first-order chi connectivity index (χ1) is 15.5. The molecule has 0 spiro atoms. The van der Waals surface area contributed by atoms with Crippen molar-refractivity contribution in [2.45, 2.75) is 46.5 Å². The number of hydrogen-bond acceptors (Lipinski definition) is 3. The number of ketones is 1. The molecule has 6 heteroatoms. The summed E-state index contributed by atoms with van der Waals surface area (Å²) in [5.41, 5.74) is 3.44. The number of aromatic nitrogens is 1. The SMILES string of the molecule is CCCN(CCC)CCCOc1c(Br)cc(C(=O)c2c(CC)cc3ccccn23)cc1Br. The summed E-state index contributed by atoms with van der Waals surface area (Å²) in [4.78, 5) is 16.0. The van der Waals surface area contributed by atoms with Crippen LogP contribution < -0.4 is 4.74 Å². The predicted octanol–water partition coefficient (Wildman–Crippen LogP) is 7.15. The van der Waals surface area contributed by atoms with Crippen molar-refractivity contribution < 1.29 is 9.53 Å². The summed E-state index contributed by atoms with van der Waals surface area (Å²) in [6.07, 6.45) is 6.06. The van der Waals surface area contributed by atoms with Crippen molar-refractivity contribution in [1.29, 1.82) is 0 Å². The fraction of sp³-hybridized carbons (Fsp3) is 0.423. The second-order valence-electron chi connectivity index (χ2n) is 8.01. The monoisotopic (exact) mass is 562 g/mol. The lowest BCUT2D eigenvalue weighted by Gasteiger charge is -2.21.